The molecule has 0 aliphatic carbocycles. The van der Waals surface area contributed by atoms with Crippen LogP contribution in [0.25, 0.3) is 0 Å². The van der Waals surface area contributed by atoms with Crippen LogP contribution in [0.15, 0.2) is 48.5 Å². The van der Waals surface area contributed by atoms with Gasteiger partial charge in [0.05, 0.1) is 5.56 Å². The third kappa shape index (κ3) is 8.21. The van der Waals surface area contributed by atoms with Gasteiger partial charge in [0, 0.05) is 43.2 Å². The van der Waals surface area contributed by atoms with Gasteiger partial charge in [0.15, 0.2) is 0 Å². The predicted octanol–water partition coefficient (Wildman–Crippen LogP) is 6.30. The standard InChI is InChI=1S/C30H37ClF3N3O2/c1-22(38)36-18-12-25(13-19-36)29(39)37(28-5-2-4-27(31)21-28)15-3-14-35-16-10-24(11-17-35)20-23-6-8-26(9-7-23)30(32,33)34/h2,4-9,21,24-25H,3,10-20H2,1H3. The van der Waals surface area contributed by atoms with Crippen LogP contribution in [0, 0.1) is 11.8 Å². The van der Waals surface area contributed by atoms with E-state index in [1.165, 1.54) is 12.1 Å². The van der Waals surface area contributed by atoms with E-state index in [4.69, 9.17) is 11.6 Å². The van der Waals surface area contributed by atoms with Crippen LogP contribution >= 0.6 is 11.6 Å². The van der Waals surface area contributed by atoms with Gasteiger partial charge in [0.25, 0.3) is 0 Å². The zero-order valence-corrected chi connectivity index (χ0v) is 23.2. The minimum Gasteiger partial charge on any atom is -0.343 e. The first-order valence-electron chi connectivity index (χ1n) is 13.8. The zero-order valence-electron chi connectivity index (χ0n) is 22.4. The molecule has 2 aliphatic heterocycles. The number of anilines is 1. The third-order valence-electron chi connectivity index (χ3n) is 8.04. The van der Waals surface area contributed by atoms with Gasteiger partial charge >= 0.3 is 6.18 Å². The van der Waals surface area contributed by atoms with Gasteiger partial charge in [-0.1, -0.05) is 29.8 Å². The van der Waals surface area contributed by atoms with Crippen molar-refractivity contribution in [2.75, 3.05) is 44.2 Å². The Hall–Kier alpha value is -2.58. The summed E-state index contributed by atoms with van der Waals surface area (Å²) in [6, 6.07) is 12.9. The Morgan fingerprint density at radius 3 is 2.23 bits per heavy atom. The number of amides is 2. The second-order valence-corrected chi connectivity index (χ2v) is 11.2. The number of piperidine rings is 2. The zero-order chi connectivity index (χ0) is 28.0. The molecule has 2 amide bonds. The Morgan fingerprint density at radius 2 is 1.64 bits per heavy atom. The smallest absolute Gasteiger partial charge is 0.343 e. The predicted molar refractivity (Wildman–Crippen MR) is 148 cm³/mol. The molecule has 4 rings (SSSR count). The van der Waals surface area contributed by atoms with Crippen molar-refractivity contribution in [3.8, 4) is 0 Å². The van der Waals surface area contributed by atoms with E-state index in [2.05, 4.69) is 4.90 Å². The van der Waals surface area contributed by atoms with Crippen LogP contribution in [-0.4, -0.2) is 60.9 Å². The number of carbonyl (C=O) groups is 2. The number of nitrogens with zero attached hydrogens (tertiary/aromatic N) is 3. The molecule has 0 N–H and O–H groups in total. The molecule has 2 aromatic rings. The maximum absolute atomic E-state index is 13.6. The van der Waals surface area contributed by atoms with E-state index in [0.717, 1.165) is 56.6 Å². The highest BCUT2D eigenvalue weighted by Gasteiger charge is 2.31. The van der Waals surface area contributed by atoms with Crippen LogP contribution in [0.2, 0.25) is 5.02 Å². The molecule has 2 saturated heterocycles. The Bertz CT molecular complexity index is 1110. The van der Waals surface area contributed by atoms with Gasteiger partial charge in [-0.3, -0.25) is 9.59 Å². The summed E-state index contributed by atoms with van der Waals surface area (Å²) in [7, 11) is 0. The maximum atomic E-state index is 13.6. The fourth-order valence-electron chi connectivity index (χ4n) is 5.70. The molecule has 0 atom stereocenters. The number of benzene rings is 2. The summed E-state index contributed by atoms with van der Waals surface area (Å²) in [5.41, 5.74) is 1.15. The number of hydrogen-bond donors (Lipinski definition) is 0. The quantitative estimate of drug-likeness (QED) is 0.379. The lowest BCUT2D eigenvalue weighted by Crippen LogP contribution is -2.45. The fraction of sp³-hybridized carbons (Fsp3) is 0.533. The molecule has 2 aromatic carbocycles. The minimum absolute atomic E-state index is 0.0516. The minimum atomic E-state index is -4.30. The van der Waals surface area contributed by atoms with Gasteiger partial charge in [-0.2, -0.15) is 13.2 Å². The average molecular weight is 564 g/mol. The van der Waals surface area contributed by atoms with Crippen LogP contribution in [0.1, 0.15) is 50.2 Å². The second kappa shape index (κ2) is 13.2. The summed E-state index contributed by atoms with van der Waals surface area (Å²) in [5.74, 6) is 0.496. The molecule has 39 heavy (non-hydrogen) atoms. The summed E-state index contributed by atoms with van der Waals surface area (Å²) < 4.78 is 38.5. The van der Waals surface area contributed by atoms with Crippen molar-refractivity contribution in [3.63, 3.8) is 0 Å². The summed E-state index contributed by atoms with van der Waals surface area (Å²) in [6.45, 7) is 6.14. The summed E-state index contributed by atoms with van der Waals surface area (Å²) in [6.07, 6.45) is 0.673. The fourth-order valence-corrected chi connectivity index (χ4v) is 5.89. The molecule has 0 aromatic heterocycles. The number of rotatable bonds is 8. The lowest BCUT2D eigenvalue weighted by Gasteiger charge is -2.35. The van der Waals surface area contributed by atoms with Gasteiger partial charge in [-0.15, -0.1) is 0 Å². The van der Waals surface area contributed by atoms with Gasteiger partial charge in [0.1, 0.15) is 0 Å². The summed E-state index contributed by atoms with van der Waals surface area (Å²) >= 11 is 6.25. The van der Waals surface area contributed by atoms with E-state index in [1.807, 2.05) is 23.1 Å². The maximum Gasteiger partial charge on any atom is 0.416 e. The van der Waals surface area contributed by atoms with Crippen molar-refractivity contribution in [1.82, 2.24) is 9.80 Å². The molecule has 0 radical (unpaired) electrons. The molecule has 9 heteroatoms. The summed E-state index contributed by atoms with van der Waals surface area (Å²) in [4.78, 5) is 31.3. The third-order valence-corrected chi connectivity index (χ3v) is 8.28. The van der Waals surface area contributed by atoms with E-state index in [9.17, 15) is 22.8 Å². The largest absolute Gasteiger partial charge is 0.416 e. The first-order valence-corrected chi connectivity index (χ1v) is 14.2. The highest BCUT2D eigenvalue weighted by atomic mass is 35.5. The van der Waals surface area contributed by atoms with E-state index in [1.54, 1.807) is 30.0 Å². The van der Waals surface area contributed by atoms with Crippen LogP contribution in [-0.2, 0) is 22.2 Å². The number of hydrogen-bond acceptors (Lipinski definition) is 3. The van der Waals surface area contributed by atoms with Crippen LogP contribution in [0.3, 0.4) is 0 Å². The van der Waals surface area contributed by atoms with E-state index in [-0.39, 0.29) is 17.7 Å². The molecule has 0 unspecified atom stereocenters. The van der Waals surface area contributed by atoms with Crippen molar-refractivity contribution < 1.29 is 22.8 Å². The highest BCUT2D eigenvalue weighted by molar-refractivity contribution is 6.30. The molecule has 5 nitrogen and oxygen atoms in total. The van der Waals surface area contributed by atoms with Gasteiger partial charge < -0.3 is 14.7 Å². The van der Waals surface area contributed by atoms with Crippen LogP contribution < -0.4 is 4.90 Å². The van der Waals surface area contributed by atoms with Crippen molar-refractivity contribution in [2.45, 2.75) is 51.6 Å². The molecule has 0 saturated carbocycles. The first kappa shape index (κ1) is 29.4. The highest BCUT2D eigenvalue weighted by Crippen LogP contribution is 2.30. The average Bonchev–Trinajstić information content (AvgIpc) is 2.91. The summed E-state index contributed by atoms with van der Waals surface area (Å²) in [5, 5.41) is 0.590. The Labute approximate surface area is 233 Å². The van der Waals surface area contributed by atoms with Crippen molar-refractivity contribution in [3.05, 3.63) is 64.7 Å². The molecule has 212 valence electrons. The number of alkyl halides is 3. The van der Waals surface area contributed by atoms with Gasteiger partial charge in [-0.25, -0.2) is 0 Å². The van der Waals surface area contributed by atoms with Crippen molar-refractivity contribution in [2.24, 2.45) is 11.8 Å². The molecule has 2 fully saturated rings. The first-order chi connectivity index (χ1) is 18.6. The van der Waals surface area contributed by atoms with E-state index < -0.39 is 11.7 Å². The lowest BCUT2D eigenvalue weighted by atomic mass is 9.90. The molecule has 0 spiro atoms. The molecule has 2 heterocycles. The monoisotopic (exact) mass is 563 g/mol. The Balaban J connectivity index is 1.27. The van der Waals surface area contributed by atoms with Crippen molar-refractivity contribution in [1.29, 1.82) is 0 Å². The second-order valence-electron chi connectivity index (χ2n) is 10.8. The Morgan fingerprint density at radius 1 is 0.974 bits per heavy atom. The van der Waals surface area contributed by atoms with Crippen LogP contribution in [0.5, 0.6) is 0 Å². The number of likely N-dealkylation sites (tertiary alicyclic amines) is 2. The molecule has 0 bridgehead atoms. The topological polar surface area (TPSA) is 43.9 Å². The number of halogens is 4. The SMILES string of the molecule is CC(=O)N1CCC(C(=O)N(CCCN2CCC(Cc3ccc(C(F)(F)F)cc3)CC2)c2cccc(Cl)c2)CC1. The molecule has 2 aliphatic rings. The van der Waals surface area contributed by atoms with E-state index in [0.29, 0.717) is 43.4 Å². The van der Waals surface area contributed by atoms with Gasteiger partial charge in [0.2, 0.25) is 11.8 Å². The normalized spacial score (nSPS) is 17.8. The molecular formula is C30H37ClF3N3O2. The van der Waals surface area contributed by atoms with Crippen molar-refractivity contribution >= 4 is 29.1 Å². The number of carbonyl (C=O) groups excluding carboxylic acids is 2. The Kier molecular flexibility index (Phi) is 9.94. The van der Waals surface area contributed by atoms with Crippen LogP contribution in [0.4, 0.5) is 18.9 Å². The molecular weight excluding hydrogens is 527 g/mol. The van der Waals surface area contributed by atoms with E-state index >= 15 is 0 Å². The lowest BCUT2D eigenvalue weighted by molar-refractivity contribution is -0.137. The van der Waals surface area contributed by atoms with Gasteiger partial charge in [-0.05, 0) is 100.0 Å².